The lowest BCUT2D eigenvalue weighted by atomic mass is 9.94. The Morgan fingerprint density at radius 2 is 0.250 bits per heavy atom. The topological polar surface area (TPSA) is 111 Å². The van der Waals surface area contributed by atoms with E-state index in [-0.39, 0.29) is 112 Å². The van der Waals surface area contributed by atoms with Gasteiger partial charge < -0.3 is 56.8 Å². The second-order valence-corrected chi connectivity index (χ2v) is 23.1. The first-order valence-corrected chi connectivity index (χ1v) is 23.7. The molecule has 72 heavy (non-hydrogen) atoms. The van der Waals surface area contributed by atoms with Gasteiger partial charge in [-0.3, -0.25) is 0 Å². The molecule has 0 saturated carbocycles. The highest BCUT2D eigenvalue weighted by Crippen LogP contribution is 2.34. The summed E-state index contributed by atoms with van der Waals surface area (Å²) >= 11 is 0. The summed E-state index contributed by atoms with van der Waals surface area (Å²) in [6.07, 6.45) is 0. The molecule has 7 rings (SSSR count). The fourth-order valence-corrected chi connectivity index (χ4v) is 6.48. The summed E-state index contributed by atoms with van der Waals surface area (Å²) in [5, 5.41) is 0. The number of hydrogen-bond acceptors (Lipinski definition) is 12. The Kier molecular flexibility index (Phi) is 15.5. The molecule has 0 atom stereocenters. The summed E-state index contributed by atoms with van der Waals surface area (Å²) in [5.74, 6) is 59.3. The van der Waals surface area contributed by atoms with Gasteiger partial charge in [0.2, 0.25) is 0 Å². The Hall–Kier alpha value is -5.76. The largest absolute Gasteiger partial charge is 0.329 e. The van der Waals surface area contributed by atoms with Crippen LogP contribution < -0.4 is 0 Å². The molecule has 7 aliphatic rings. The molecule has 0 aromatic carbocycles. The van der Waals surface area contributed by atoms with Gasteiger partial charge in [0.05, 0.1) is 79.3 Å². The van der Waals surface area contributed by atoms with E-state index in [1.54, 1.807) is 0 Å². The molecule has 6 spiro atoms. The fraction of sp³-hybridized carbons (Fsp3) is 0.600. The van der Waals surface area contributed by atoms with Crippen molar-refractivity contribution >= 4 is 0 Å². The van der Waals surface area contributed by atoms with Crippen molar-refractivity contribution in [2.24, 2.45) is 32.5 Å². The first-order valence-electron chi connectivity index (χ1n) is 23.7. The Morgan fingerprint density at radius 3 is 0.333 bits per heavy atom. The lowest BCUT2D eigenvalue weighted by Crippen LogP contribution is -2.46. The maximum atomic E-state index is 6.17. The average molecular weight is 973 g/mol. The van der Waals surface area contributed by atoms with Gasteiger partial charge in [-0.05, 0) is 142 Å². The molecule has 6 aliphatic heterocycles. The van der Waals surface area contributed by atoms with E-state index >= 15 is 0 Å². The molecular formula is C60H60O12. The Labute approximate surface area is 427 Å². The number of hydrogen-bond donors (Lipinski definition) is 0. The molecule has 0 unspecified atom stereocenters. The quantitative estimate of drug-likeness (QED) is 0.316. The van der Waals surface area contributed by atoms with Gasteiger partial charge in [0.15, 0.2) is 0 Å². The zero-order chi connectivity index (χ0) is 51.9. The number of ether oxygens (including phenoxy) is 12. The molecule has 1 aliphatic carbocycles. The predicted molar refractivity (Wildman–Crippen MR) is 264 cm³/mol. The van der Waals surface area contributed by atoms with Crippen molar-refractivity contribution in [1.29, 1.82) is 0 Å². The van der Waals surface area contributed by atoms with E-state index in [0.717, 1.165) is 0 Å². The molecule has 6 heterocycles. The van der Waals surface area contributed by atoms with Gasteiger partial charge in [0.25, 0.3) is 0 Å². The fourth-order valence-electron chi connectivity index (χ4n) is 6.48. The minimum Gasteiger partial charge on any atom is -0.329 e. The van der Waals surface area contributed by atoms with Gasteiger partial charge in [0, 0.05) is 32.5 Å². The van der Waals surface area contributed by atoms with Crippen LogP contribution in [0.4, 0.5) is 0 Å². The molecule has 372 valence electrons. The maximum absolute atomic E-state index is 6.17. The van der Waals surface area contributed by atoms with Crippen LogP contribution >= 0.6 is 0 Å². The highest BCUT2D eigenvalue weighted by Gasteiger charge is 2.44. The van der Waals surface area contributed by atoms with Crippen LogP contribution in [0.2, 0.25) is 0 Å². The van der Waals surface area contributed by atoms with E-state index in [1.165, 1.54) is 0 Å². The molecule has 12 heteroatoms. The van der Waals surface area contributed by atoms with Crippen LogP contribution in [-0.2, 0) is 56.8 Å². The Morgan fingerprint density at radius 1 is 0.167 bits per heavy atom. The van der Waals surface area contributed by atoms with Crippen LogP contribution in [0.1, 0.15) is 83.1 Å². The molecule has 0 bridgehead atoms. The highest BCUT2D eigenvalue weighted by molar-refractivity contribution is 5.47. The second-order valence-electron chi connectivity index (χ2n) is 23.1. The summed E-state index contributed by atoms with van der Waals surface area (Å²) in [5.41, 5.74) is -1.85. The molecule has 0 N–H and O–H groups in total. The lowest BCUT2D eigenvalue weighted by Gasteiger charge is -2.37. The van der Waals surface area contributed by atoms with Crippen LogP contribution in [0.25, 0.3) is 0 Å². The van der Waals surface area contributed by atoms with Crippen molar-refractivity contribution in [1.82, 2.24) is 0 Å². The van der Waals surface area contributed by atoms with Crippen molar-refractivity contribution in [3.8, 4) is 142 Å². The summed E-state index contributed by atoms with van der Waals surface area (Å²) in [4.78, 5) is 0. The first-order chi connectivity index (χ1) is 33.7. The van der Waals surface area contributed by atoms with Gasteiger partial charge >= 0.3 is 34.7 Å². The van der Waals surface area contributed by atoms with Crippen molar-refractivity contribution in [3.05, 3.63) is 0 Å². The molecule has 12 nitrogen and oxygen atoms in total. The maximum Gasteiger partial charge on any atom is 0.302 e. The molecule has 0 aromatic heterocycles. The molecule has 0 amide bonds. The summed E-state index contributed by atoms with van der Waals surface area (Å²) in [6.45, 7) is 27.5. The third-order valence-corrected chi connectivity index (χ3v) is 11.1. The lowest BCUT2D eigenvalue weighted by molar-refractivity contribution is -0.235. The monoisotopic (exact) mass is 972 g/mol. The Bertz CT molecular complexity index is 2250. The second kappa shape index (κ2) is 20.6. The van der Waals surface area contributed by atoms with Crippen LogP contribution in [-0.4, -0.2) is 114 Å². The molecular weight excluding hydrogens is 913 g/mol. The molecule has 6 saturated heterocycles. The van der Waals surface area contributed by atoms with E-state index in [1.807, 2.05) is 83.1 Å². The summed E-state index contributed by atoms with van der Waals surface area (Å²) in [6, 6.07) is 0. The van der Waals surface area contributed by atoms with E-state index in [2.05, 4.69) is 142 Å². The van der Waals surface area contributed by atoms with Crippen molar-refractivity contribution < 1.29 is 56.8 Å². The van der Waals surface area contributed by atoms with Gasteiger partial charge in [0.1, 0.15) is 0 Å². The van der Waals surface area contributed by atoms with Crippen LogP contribution in [0, 0.1) is 175 Å². The van der Waals surface area contributed by atoms with Crippen molar-refractivity contribution in [2.75, 3.05) is 79.3 Å². The third-order valence-electron chi connectivity index (χ3n) is 11.1. The zero-order valence-electron chi connectivity index (χ0n) is 43.4. The van der Waals surface area contributed by atoms with E-state index in [9.17, 15) is 0 Å². The van der Waals surface area contributed by atoms with Crippen molar-refractivity contribution in [2.45, 2.75) is 118 Å². The standard InChI is InChI=1S/C60H60O12/c1-49(2)37-61-55(62-38-49)25-13-15-27-56(63-39-50(3,4)40-64-56)29-17-19-31-58(67-43-52(7,8)44-68-58)33-21-23-35-60(71-47-54(11,12)48-72-60)36-24-22-34-59(69-45-53(9,10)46-70-59)32-20-18-30-57(28-16-14-26-55)65-41-51(5,6)42-66-57/h37-48H2,1-12H3. The smallest absolute Gasteiger partial charge is 0.302 e. The molecule has 0 radical (unpaired) electrons. The van der Waals surface area contributed by atoms with E-state index in [4.69, 9.17) is 56.8 Å². The SMILES string of the molecule is CC1(C)COC2(C#CC#CC3(C#CC#CC4(C#CC#CC5(C#CC#CC6(C#CC#CC7(C#CC#C2)OCC(C)(C)CO7)OCC(C)(C)CO6)OCC(C)(C)CO5)OCC(C)(C)CO4)OCC(C)(C)CO3)OC1. The van der Waals surface area contributed by atoms with Crippen LogP contribution in [0.15, 0.2) is 0 Å². The summed E-state index contributed by atoms with van der Waals surface area (Å²) in [7, 11) is 0. The van der Waals surface area contributed by atoms with Crippen molar-refractivity contribution in [3.63, 3.8) is 0 Å². The Balaban J connectivity index is 1.35. The normalized spacial score (nSPS) is 27.2. The van der Waals surface area contributed by atoms with Crippen LogP contribution in [0.5, 0.6) is 0 Å². The summed E-state index contributed by atoms with van der Waals surface area (Å²) < 4.78 is 74.1. The third kappa shape index (κ3) is 14.7. The average Bonchev–Trinajstić information content (AvgIpc) is 3.32. The van der Waals surface area contributed by atoms with Crippen LogP contribution in [0.3, 0.4) is 0 Å². The van der Waals surface area contributed by atoms with E-state index < -0.39 is 34.7 Å². The first kappa shape index (κ1) is 54.0. The number of rotatable bonds is 0. The minimum atomic E-state index is -1.68. The van der Waals surface area contributed by atoms with E-state index in [0.29, 0.717) is 0 Å². The zero-order valence-corrected chi connectivity index (χ0v) is 43.4. The predicted octanol–water partition coefficient (Wildman–Crippen LogP) is 4.66. The molecule has 0 aromatic rings. The molecule has 6 fully saturated rings. The minimum absolute atomic E-state index is 0.289. The van der Waals surface area contributed by atoms with Gasteiger partial charge in [-0.15, -0.1) is 0 Å². The highest BCUT2D eigenvalue weighted by atomic mass is 16.7. The van der Waals surface area contributed by atoms with Gasteiger partial charge in [-0.25, -0.2) is 0 Å². The van der Waals surface area contributed by atoms with Gasteiger partial charge in [-0.1, -0.05) is 83.1 Å². The van der Waals surface area contributed by atoms with Gasteiger partial charge in [-0.2, -0.15) is 0 Å².